The molecular formula is C35H44N6O5. The molecule has 0 radical (unpaired) electrons. The van der Waals surface area contributed by atoms with Gasteiger partial charge in [0, 0.05) is 42.8 Å². The highest BCUT2D eigenvalue weighted by molar-refractivity contribution is 6.32. The number of benzene rings is 1. The van der Waals surface area contributed by atoms with Crippen LogP contribution in [0.5, 0.6) is 0 Å². The first kappa shape index (κ1) is 33.0. The second kappa shape index (κ2) is 13.6. The van der Waals surface area contributed by atoms with Crippen LogP contribution in [0, 0.1) is 11.8 Å². The number of hydrogen-bond donors (Lipinski definition) is 4. The van der Waals surface area contributed by atoms with Crippen molar-refractivity contribution < 1.29 is 23.9 Å². The van der Waals surface area contributed by atoms with Crippen LogP contribution in [0.15, 0.2) is 71.4 Å². The molecule has 0 amide bonds. The van der Waals surface area contributed by atoms with Crippen LogP contribution in [0.4, 0.5) is 5.82 Å². The van der Waals surface area contributed by atoms with Gasteiger partial charge in [-0.1, -0.05) is 61.9 Å². The van der Waals surface area contributed by atoms with E-state index in [2.05, 4.69) is 39.7 Å². The predicted molar refractivity (Wildman–Crippen MR) is 176 cm³/mol. The summed E-state index contributed by atoms with van der Waals surface area (Å²) in [5.74, 6) is -0.746. The van der Waals surface area contributed by atoms with Gasteiger partial charge < -0.3 is 31.6 Å². The lowest BCUT2D eigenvalue weighted by Gasteiger charge is -2.32. The van der Waals surface area contributed by atoms with Gasteiger partial charge in [-0.05, 0) is 56.3 Å². The molecule has 2 aliphatic carbocycles. The van der Waals surface area contributed by atoms with Gasteiger partial charge in [-0.3, -0.25) is 14.6 Å². The van der Waals surface area contributed by atoms with Gasteiger partial charge in [0.05, 0.1) is 12.6 Å². The molecule has 0 saturated carbocycles. The van der Waals surface area contributed by atoms with Crippen molar-refractivity contribution in [1.82, 2.24) is 15.6 Å². The standard InChI is InChI=1S/C35H44N6O5/c1-5-22-11-12-27(39-6-2)24(18-22)20-45-32(44)35-31(43)26-10-8-7-9-25(26)30(42)34(35,46-35)15-13-21(3)17-28(41-33(37)38-4)23-14-16-40-29(36)19-23/h7-14,16,19,22,24,27-28,39H,5-6,15,17-18,20H2,1-4H3,(H2,36,40)(H3,37,38,41)/b21-13+/t22-,24+,27-,28-,34+,35+/m1/s1. The minimum atomic E-state index is -2.03. The Morgan fingerprint density at radius 2 is 1.93 bits per heavy atom. The predicted octanol–water partition coefficient (Wildman–Crippen LogP) is 3.68. The molecule has 3 aliphatic rings. The molecule has 0 bridgehead atoms. The summed E-state index contributed by atoms with van der Waals surface area (Å²) < 4.78 is 12.0. The number of rotatable bonds is 12. The maximum absolute atomic E-state index is 14.0. The van der Waals surface area contributed by atoms with Crippen molar-refractivity contribution in [1.29, 1.82) is 0 Å². The van der Waals surface area contributed by atoms with Gasteiger partial charge in [-0.25, -0.2) is 9.78 Å². The number of ketones is 2. The molecule has 11 heteroatoms. The second-order valence-electron chi connectivity index (χ2n) is 12.3. The fourth-order valence-electron chi connectivity index (χ4n) is 6.71. The maximum atomic E-state index is 14.0. The molecule has 0 spiro atoms. The molecule has 5 rings (SSSR count). The largest absolute Gasteiger partial charge is 0.463 e. The maximum Gasteiger partial charge on any atom is 0.350 e. The summed E-state index contributed by atoms with van der Waals surface area (Å²) in [7, 11) is 1.59. The molecule has 11 nitrogen and oxygen atoms in total. The Morgan fingerprint density at radius 3 is 2.61 bits per heavy atom. The highest BCUT2D eigenvalue weighted by Crippen LogP contribution is 2.58. The molecule has 1 fully saturated rings. The van der Waals surface area contributed by atoms with Gasteiger partial charge in [0.15, 0.2) is 17.3 Å². The van der Waals surface area contributed by atoms with Crippen LogP contribution in [0.3, 0.4) is 0 Å². The fraction of sp³-hybridized carbons (Fsp3) is 0.457. The molecule has 1 aromatic heterocycles. The highest BCUT2D eigenvalue weighted by atomic mass is 16.7. The Morgan fingerprint density at radius 1 is 1.20 bits per heavy atom. The molecule has 0 unspecified atom stereocenters. The molecule has 1 saturated heterocycles. The average Bonchev–Trinajstić information content (AvgIpc) is 3.77. The van der Waals surface area contributed by atoms with Crippen molar-refractivity contribution >= 4 is 29.3 Å². The number of fused-ring (bicyclic) bond motifs is 2. The number of allylic oxidation sites excluding steroid dienone is 1. The van der Waals surface area contributed by atoms with Gasteiger partial charge in [0.1, 0.15) is 5.82 Å². The van der Waals surface area contributed by atoms with E-state index in [-0.39, 0.29) is 48.1 Å². The number of ether oxygens (including phenoxy) is 2. The minimum Gasteiger partial charge on any atom is -0.463 e. The van der Waals surface area contributed by atoms with Crippen molar-refractivity contribution in [2.45, 2.75) is 69.7 Å². The molecule has 244 valence electrons. The lowest BCUT2D eigenvalue weighted by atomic mass is 9.72. The van der Waals surface area contributed by atoms with Crippen molar-refractivity contribution in [2.24, 2.45) is 22.6 Å². The number of nitrogens with two attached hydrogens (primary N) is 2. The number of nitrogens with one attached hydrogen (secondary N) is 2. The summed E-state index contributed by atoms with van der Waals surface area (Å²) in [6.45, 7) is 6.95. The van der Waals surface area contributed by atoms with Crippen LogP contribution in [0.25, 0.3) is 0 Å². The lowest BCUT2D eigenvalue weighted by Crippen LogP contribution is -2.51. The highest BCUT2D eigenvalue weighted by Gasteiger charge is 2.85. The smallest absolute Gasteiger partial charge is 0.350 e. The first-order chi connectivity index (χ1) is 22.1. The summed E-state index contributed by atoms with van der Waals surface area (Å²) in [5, 5.41) is 6.64. The van der Waals surface area contributed by atoms with E-state index in [4.69, 9.17) is 20.9 Å². The van der Waals surface area contributed by atoms with E-state index >= 15 is 0 Å². The number of epoxide rings is 1. The van der Waals surface area contributed by atoms with Crippen LogP contribution < -0.4 is 22.1 Å². The zero-order valence-electron chi connectivity index (χ0n) is 26.9. The van der Waals surface area contributed by atoms with Gasteiger partial charge in [-0.15, -0.1) is 0 Å². The van der Waals surface area contributed by atoms with Crippen LogP contribution in [-0.2, 0) is 14.3 Å². The van der Waals surface area contributed by atoms with Crippen molar-refractivity contribution in [2.75, 3.05) is 25.9 Å². The zero-order chi connectivity index (χ0) is 33.1. The number of anilines is 1. The summed E-state index contributed by atoms with van der Waals surface area (Å²) >= 11 is 0. The molecular weight excluding hydrogens is 584 g/mol. The second-order valence-corrected chi connectivity index (χ2v) is 12.3. The Balaban J connectivity index is 1.40. The van der Waals surface area contributed by atoms with Gasteiger partial charge in [0.2, 0.25) is 5.78 Å². The Bertz CT molecular complexity index is 1590. The number of carbonyl (C=O) groups is 3. The molecule has 6 atom stereocenters. The van der Waals surface area contributed by atoms with E-state index in [0.29, 0.717) is 18.2 Å². The number of nitrogen functional groups attached to an aromatic ring is 1. The van der Waals surface area contributed by atoms with Crippen molar-refractivity contribution in [3.63, 3.8) is 0 Å². The van der Waals surface area contributed by atoms with E-state index in [1.165, 1.54) is 0 Å². The number of aromatic nitrogens is 1. The first-order valence-corrected chi connectivity index (χ1v) is 15.9. The zero-order valence-corrected chi connectivity index (χ0v) is 26.9. The third kappa shape index (κ3) is 6.09. The molecule has 6 N–H and O–H groups in total. The van der Waals surface area contributed by atoms with Crippen molar-refractivity contribution in [3.8, 4) is 0 Å². The Hall–Kier alpha value is -4.35. The summed E-state index contributed by atoms with van der Waals surface area (Å²) in [4.78, 5) is 50.1. The number of hydrogen-bond acceptors (Lipinski definition) is 9. The number of guanidine groups is 1. The summed E-state index contributed by atoms with van der Waals surface area (Å²) in [5.41, 5.74) is 10.4. The number of likely N-dealkylation sites (N-methyl/N-ethyl adjacent to an activating group) is 1. The number of pyridine rings is 1. The Kier molecular flexibility index (Phi) is 9.74. The quantitative estimate of drug-likeness (QED) is 0.0678. The molecule has 1 aliphatic heterocycles. The molecule has 46 heavy (non-hydrogen) atoms. The van der Waals surface area contributed by atoms with Crippen molar-refractivity contribution in [3.05, 3.63) is 83.1 Å². The molecule has 2 heterocycles. The van der Waals surface area contributed by atoms with Gasteiger partial charge in [0.25, 0.3) is 5.60 Å². The monoisotopic (exact) mass is 628 g/mol. The number of nitrogens with zero attached hydrogens (tertiary/aromatic N) is 2. The van der Waals surface area contributed by atoms with E-state index in [0.717, 1.165) is 30.5 Å². The summed E-state index contributed by atoms with van der Waals surface area (Å²) in [6.07, 6.45) is 10.1. The minimum absolute atomic E-state index is 0.0134. The lowest BCUT2D eigenvalue weighted by molar-refractivity contribution is -0.149. The third-order valence-corrected chi connectivity index (χ3v) is 9.38. The van der Waals surface area contributed by atoms with E-state index in [1.54, 1.807) is 43.6 Å². The van der Waals surface area contributed by atoms with Crippen LogP contribution >= 0.6 is 0 Å². The molecule has 2 aromatic rings. The van der Waals surface area contributed by atoms with E-state index in [1.807, 2.05) is 26.0 Å². The average molecular weight is 629 g/mol. The third-order valence-electron chi connectivity index (χ3n) is 9.38. The van der Waals surface area contributed by atoms with Crippen LogP contribution in [0.2, 0.25) is 0 Å². The SMILES string of the molecule is CCN[C@@H]1C=C[C@@H](CC)C[C@H]1COC(=O)[C@]12O[C@@]1(C/C=C(\C)C[C@@H](NC(N)=NC)c1ccnc(N)c1)C(=O)c1ccccc1C2=O. The molecule has 1 aromatic carbocycles. The van der Waals surface area contributed by atoms with Crippen LogP contribution in [0.1, 0.15) is 78.8 Å². The number of Topliss-reactive ketones (excluding diaryl/α,β-unsaturated/α-hetero) is 2. The fourth-order valence-corrected chi connectivity index (χ4v) is 6.71. The summed E-state index contributed by atoms with van der Waals surface area (Å²) in [6, 6.07) is 9.86. The topological polar surface area (TPSA) is 174 Å². The number of aliphatic imine (C=N–C) groups is 1. The number of esters is 1. The Labute approximate surface area is 269 Å². The van der Waals surface area contributed by atoms with E-state index in [9.17, 15) is 14.4 Å². The number of carbonyl (C=O) groups excluding carboxylic acids is 3. The van der Waals surface area contributed by atoms with Gasteiger partial charge >= 0.3 is 5.97 Å². The van der Waals surface area contributed by atoms with E-state index < -0.39 is 28.7 Å². The normalized spacial score (nSPS) is 27.9. The van der Waals surface area contributed by atoms with Gasteiger partial charge in [-0.2, -0.15) is 0 Å². The van der Waals surface area contributed by atoms with Crippen LogP contribution in [-0.4, -0.2) is 65.9 Å². The first-order valence-electron chi connectivity index (χ1n) is 15.9.